The fourth-order valence-corrected chi connectivity index (χ4v) is 1.84. The van der Waals surface area contributed by atoms with Crippen LogP contribution in [0.1, 0.15) is 31.1 Å². The Bertz CT molecular complexity index is 361. The van der Waals surface area contributed by atoms with E-state index in [1.54, 1.807) is 0 Å². The highest BCUT2D eigenvalue weighted by Crippen LogP contribution is 2.13. The second-order valence-corrected chi connectivity index (χ2v) is 3.76. The Labute approximate surface area is 76.9 Å². The van der Waals surface area contributed by atoms with Crippen molar-refractivity contribution in [2.45, 2.75) is 32.9 Å². The SMILES string of the molecule is CC(C)n1[nH]c(=O)c2c1CCNC2. The minimum absolute atomic E-state index is 0.0656. The molecule has 0 fully saturated rings. The summed E-state index contributed by atoms with van der Waals surface area (Å²) in [6.45, 7) is 5.85. The van der Waals surface area contributed by atoms with E-state index in [2.05, 4.69) is 24.3 Å². The van der Waals surface area contributed by atoms with Crippen LogP contribution in [0.5, 0.6) is 0 Å². The topological polar surface area (TPSA) is 49.8 Å². The Morgan fingerprint density at radius 1 is 1.46 bits per heavy atom. The zero-order valence-corrected chi connectivity index (χ0v) is 8.05. The number of rotatable bonds is 1. The van der Waals surface area contributed by atoms with Gasteiger partial charge in [0, 0.05) is 31.2 Å². The van der Waals surface area contributed by atoms with Crippen LogP contribution in [0, 0.1) is 0 Å². The van der Waals surface area contributed by atoms with Crippen molar-refractivity contribution in [3.63, 3.8) is 0 Å². The number of nitrogens with one attached hydrogen (secondary N) is 2. The van der Waals surface area contributed by atoms with E-state index in [4.69, 9.17) is 0 Å². The van der Waals surface area contributed by atoms with Gasteiger partial charge in [-0.1, -0.05) is 0 Å². The van der Waals surface area contributed by atoms with Gasteiger partial charge in [0.15, 0.2) is 0 Å². The number of hydrogen-bond acceptors (Lipinski definition) is 2. The summed E-state index contributed by atoms with van der Waals surface area (Å²) in [6.07, 6.45) is 0.951. The second kappa shape index (κ2) is 3.03. The van der Waals surface area contributed by atoms with Crippen molar-refractivity contribution in [2.24, 2.45) is 0 Å². The molecule has 13 heavy (non-hydrogen) atoms. The molecule has 1 aromatic heterocycles. The minimum Gasteiger partial charge on any atom is -0.312 e. The van der Waals surface area contributed by atoms with Crippen molar-refractivity contribution in [3.05, 3.63) is 21.6 Å². The first kappa shape index (κ1) is 8.56. The Balaban J connectivity index is 2.54. The molecule has 1 aromatic rings. The van der Waals surface area contributed by atoms with Crippen LogP contribution in [-0.2, 0) is 13.0 Å². The first-order valence-corrected chi connectivity index (χ1v) is 4.73. The van der Waals surface area contributed by atoms with Gasteiger partial charge in [0.05, 0.1) is 5.56 Å². The van der Waals surface area contributed by atoms with Gasteiger partial charge < -0.3 is 5.32 Å². The largest absolute Gasteiger partial charge is 0.312 e. The standard InChI is InChI=1S/C9H15N3O/c1-6(2)12-8-3-4-10-5-7(8)9(13)11-12/h6,10H,3-5H2,1-2H3,(H,11,13). The molecule has 0 aromatic carbocycles. The summed E-state index contributed by atoms with van der Waals surface area (Å²) in [6, 6.07) is 0.342. The molecule has 0 radical (unpaired) electrons. The Kier molecular flexibility index (Phi) is 2.00. The van der Waals surface area contributed by atoms with Crippen LogP contribution < -0.4 is 10.9 Å². The van der Waals surface area contributed by atoms with Crippen molar-refractivity contribution in [1.82, 2.24) is 15.1 Å². The maximum Gasteiger partial charge on any atom is 0.268 e. The lowest BCUT2D eigenvalue weighted by Gasteiger charge is -2.16. The molecule has 0 unspecified atom stereocenters. The van der Waals surface area contributed by atoms with E-state index in [1.807, 2.05) is 4.68 Å². The average molecular weight is 181 g/mol. The molecule has 0 saturated heterocycles. The summed E-state index contributed by atoms with van der Waals surface area (Å²) in [5.41, 5.74) is 2.16. The lowest BCUT2D eigenvalue weighted by molar-refractivity contribution is 0.492. The zero-order valence-electron chi connectivity index (χ0n) is 8.05. The third-order valence-corrected chi connectivity index (χ3v) is 2.49. The van der Waals surface area contributed by atoms with Crippen LogP contribution in [0.2, 0.25) is 0 Å². The van der Waals surface area contributed by atoms with Crippen LogP contribution in [0.4, 0.5) is 0 Å². The summed E-state index contributed by atoms with van der Waals surface area (Å²) in [4.78, 5) is 11.5. The van der Waals surface area contributed by atoms with E-state index in [0.717, 1.165) is 18.5 Å². The first-order valence-electron chi connectivity index (χ1n) is 4.73. The highest BCUT2D eigenvalue weighted by atomic mass is 16.1. The van der Waals surface area contributed by atoms with Gasteiger partial charge in [0.25, 0.3) is 5.56 Å². The van der Waals surface area contributed by atoms with Crippen LogP contribution >= 0.6 is 0 Å². The molecule has 1 aliphatic heterocycles. The van der Waals surface area contributed by atoms with Gasteiger partial charge in [0.2, 0.25) is 0 Å². The molecule has 2 rings (SSSR count). The normalized spacial score (nSPS) is 16.2. The average Bonchev–Trinajstić information content (AvgIpc) is 2.45. The molecule has 0 atom stereocenters. The second-order valence-electron chi connectivity index (χ2n) is 3.76. The van der Waals surface area contributed by atoms with E-state index >= 15 is 0 Å². The maximum atomic E-state index is 11.5. The summed E-state index contributed by atoms with van der Waals surface area (Å²) in [7, 11) is 0. The first-order chi connectivity index (χ1) is 6.20. The predicted molar refractivity (Wildman–Crippen MR) is 50.8 cm³/mol. The molecule has 4 heteroatoms. The van der Waals surface area contributed by atoms with Gasteiger partial charge in [-0.2, -0.15) is 0 Å². The van der Waals surface area contributed by atoms with Crippen LogP contribution in [-0.4, -0.2) is 16.3 Å². The molecule has 2 N–H and O–H groups in total. The molecule has 0 aliphatic carbocycles. The summed E-state index contributed by atoms with van der Waals surface area (Å²) >= 11 is 0. The van der Waals surface area contributed by atoms with Crippen molar-refractivity contribution in [1.29, 1.82) is 0 Å². The third kappa shape index (κ3) is 1.31. The fourth-order valence-electron chi connectivity index (χ4n) is 1.84. The fraction of sp³-hybridized carbons (Fsp3) is 0.667. The number of H-pyrrole nitrogens is 1. The Hall–Kier alpha value is -1.03. The van der Waals surface area contributed by atoms with E-state index in [9.17, 15) is 4.79 Å². The van der Waals surface area contributed by atoms with E-state index in [1.165, 1.54) is 5.69 Å². The molecule has 0 bridgehead atoms. The molecule has 1 aliphatic rings. The highest BCUT2D eigenvalue weighted by molar-refractivity contribution is 5.21. The molecule has 4 nitrogen and oxygen atoms in total. The van der Waals surface area contributed by atoms with Crippen LogP contribution in [0.15, 0.2) is 4.79 Å². The lowest BCUT2D eigenvalue weighted by Crippen LogP contribution is -2.27. The quantitative estimate of drug-likeness (QED) is 0.659. The molecule has 72 valence electrons. The number of aromatic amines is 1. The Morgan fingerprint density at radius 2 is 2.23 bits per heavy atom. The number of nitrogens with zero attached hydrogens (tertiary/aromatic N) is 1. The molecular weight excluding hydrogens is 166 g/mol. The third-order valence-electron chi connectivity index (χ3n) is 2.49. The molecule has 0 spiro atoms. The number of aromatic nitrogens is 2. The zero-order chi connectivity index (χ0) is 9.42. The van der Waals surface area contributed by atoms with Gasteiger partial charge in [-0.3, -0.25) is 14.6 Å². The van der Waals surface area contributed by atoms with E-state index in [0.29, 0.717) is 12.6 Å². The van der Waals surface area contributed by atoms with Gasteiger partial charge in [-0.05, 0) is 13.8 Å². The molecule has 0 amide bonds. The maximum absolute atomic E-state index is 11.5. The smallest absolute Gasteiger partial charge is 0.268 e. The highest BCUT2D eigenvalue weighted by Gasteiger charge is 2.18. The van der Waals surface area contributed by atoms with Crippen LogP contribution in [0.3, 0.4) is 0 Å². The molecule has 0 saturated carbocycles. The lowest BCUT2D eigenvalue weighted by atomic mass is 10.1. The minimum atomic E-state index is 0.0656. The summed E-state index contributed by atoms with van der Waals surface area (Å²) < 4.78 is 1.98. The molecular formula is C9H15N3O. The monoisotopic (exact) mass is 181 g/mol. The van der Waals surface area contributed by atoms with Crippen molar-refractivity contribution in [3.8, 4) is 0 Å². The van der Waals surface area contributed by atoms with Gasteiger partial charge in [-0.15, -0.1) is 0 Å². The van der Waals surface area contributed by atoms with Crippen molar-refractivity contribution >= 4 is 0 Å². The van der Waals surface area contributed by atoms with Crippen molar-refractivity contribution < 1.29 is 0 Å². The number of hydrogen-bond donors (Lipinski definition) is 2. The number of fused-ring (bicyclic) bond motifs is 1. The predicted octanol–water partition coefficient (Wildman–Crippen LogP) is 0.403. The van der Waals surface area contributed by atoms with E-state index in [-0.39, 0.29) is 5.56 Å². The van der Waals surface area contributed by atoms with Crippen LogP contribution in [0.25, 0.3) is 0 Å². The van der Waals surface area contributed by atoms with Crippen molar-refractivity contribution in [2.75, 3.05) is 6.54 Å². The summed E-state index contributed by atoms with van der Waals surface area (Å²) in [5, 5.41) is 6.08. The van der Waals surface area contributed by atoms with Gasteiger partial charge in [0.1, 0.15) is 0 Å². The molecule has 2 heterocycles. The van der Waals surface area contributed by atoms with Gasteiger partial charge in [-0.25, -0.2) is 0 Å². The summed E-state index contributed by atoms with van der Waals surface area (Å²) in [5.74, 6) is 0. The van der Waals surface area contributed by atoms with Gasteiger partial charge >= 0.3 is 0 Å². The Morgan fingerprint density at radius 3 is 2.92 bits per heavy atom. The van der Waals surface area contributed by atoms with E-state index < -0.39 is 0 Å².